The summed E-state index contributed by atoms with van der Waals surface area (Å²) in [5.41, 5.74) is 1.86. The molecule has 1 saturated heterocycles. The average Bonchev–Trinajstić information content (AvgIpc) is 3.04. The van der Waals surface area contributed by atoms with Gasteiger partial charge in [0.05, 0.1) is 30.4 Å². The van der Waals surface area contributed by atoms with Crippen LogP contribution in [0, 0.1) is 12.7 Å². The molecule has 4 rings (SSSR count). The Kier molecular flexibility index (Phi) is 6.37. The largest absolute Gasteiger partial charge is 0.382 e. The van der Waals surface area contributed by atoms with E-state index in [9.17, 15) is 9.18 Å². The number of piperidine rings is 1. The van der Waals surface area contributed by atoms with Crippen LogP contribution in [0.3, 0.4) is 0 Å². The highest BCUT2D eigenvalue weighted by molar-refractivity contribution is 5.76. The lowest BCUT2D eigenvalue weighted by atomic mass is 9.90. The number of hydrogen-bond donors (Lipinski definition) is 1. The van der Waals surface area contributed by atoms with Crippen LogP contribution in [0.5, 0.6) is 0 Å². The van der Waals surface area contributed by atoms with Crippen LogP contribution in [0.4, 0.5) is 4.39 Å². The number of aryl methyl sites for hydroxylation is 1. The van der Waals surface area contributed by atoms with Crippen LogP contribution in [0.1, 0.15) is 50.1 Å². The van der Waals surface area contributed by atoms with Crippen LogP contribution in [0.25, 0.3) is 11.0 Å². The molecule has 2 heterocycles. The van der Waals surface area contributed by atoms with Crippen molar-refractivity contribution in [3.8, 4) is 0 Å². The Morgan fingerprint density at radius 2 is 1.79 bits per heavy atom. The fourth-order valence-electron chi connectivity index (χ4n) is 5.00. The summed E-state index contributed by atoms with van der Waals surface area (Å²) in [6, 6.07) is 4.02. The molecule has 0 unspecified atom stereocenters. The van der Waals surface area contributed by atoms with E-state index in [2.05, 4.69) is 9.88 Å². The topological polar surface area (TPSA) is 59.5 Å². The molecule has 0 atom stereocenters. The van der Waals surface area contributed by atoms with Crippen LogP contribution in [0.15, 0.2) is 16.9 Å². The third-order valence-corrected chi connectivity index (χ3v) is 6.66. The van der Waals surface area contributed by atoms with Crippen LogP contribution >= 0.6 is 0 Å². The van der Waals surface area contributed by atoms with Crippen molar-refractivity contribution in [1.29, 1.82) is 0 Å². The number of nitrogens with zero attached hydrogens (tertiary/aromatic N) is 2. The number of nitrogens with one attached hydrogen (secondary N) is 1. The number of imidazole rings is 1. The van der Waals surface area contributed by atoms with Crippen LogP contribution in [0.2, 0.25) is 0 Å². The number of aromatic nitrogens is 2. The normalized spacial score (nSPS) is 24.4. The van der Waals surface area contributed by atoms with Crippen molar-refractivity contribution in [2.45, 2.75) is 63.6 Å². The van der Waals surface area contributed by atoms with Gasteiger partial charge in [-0.1, -0.05) is 0 Å². The number of rotatable bonds is 6. The monoisotopic (exact) mass is 405 g/mol. The fourth-order valence-corrected chi connectivity index (χ4v) is 5.00. The first kappa shape index (κ1) is 20.6. The molecular formula is C22H32FN3O3. The van der Waals surface area contributed by atoms with Gasteiger partial charge in [0.15, 0.2) is 0 Å². The Balaban J connectivity index is 1.35. The van der Waals surface area contributed by atoms with Gasteiger partial charge in [0, 0.05) is 32.3 Å². The molecule has 1 aromatic carbocycles. The highest BCUT2D eigenvalue weighted by atomic mass is 19.1. The standard InChI is InChI=1S/C22H32FN3O3/c1-15-13-21-20(14-19(15)23)24-22(27)26(21)17-7-9-25(10-8-17)16-3-5-18(6-4-16)29-12-11-28-2/h13-14,16-18H,3-12H2,1-2H3,(H,24,27)/t16-,18-. The molecule has 2 fully saturated rings. The first-order chi connectivity index (χ1) is 14.1. The summed E-state index contributed by atoms with van der Waals surface area (Å²) >= 11 is 0. The lowest BCUT2D eigenvalue weighted by Gasteiger charge is -2.41. The third kappa shape index (κ3) is 4.42. The molecular weight excluding hydrogens is 373 g/mol. The van der Waals surface area contributed by atoms with Gasteiger partial charge >= 0.3 is 5.69 Å². The van der Waals surface area contributed by atoms with Crippen molar-refractivity contribution in [1.82, 2.24) is 14.5 Å². The summed E-state index contributed by atoms with van der Waals surface area (Å²) in [4.78, 5) is 18.0. The van der Waals surface area contributed by atoms with E-state index < -0.39 is 0 Å². The Hall–Kier alpha value is -1.70. The molecule has 6 nitrogen and oxygen atoms in total. The van der Waals surface area contributed by atoms with Crippen LogP contribution < -0.4 is 5.69 Å². The molecule has 1 saturated carbocycles. The second-order valence-corrected chi connectivity index (χ2v) is 8.48. The summed E-state index contributed by atoms with van der Waals surface area (Å²) in [5, 5.41) is 0. The number of likely N-dealkylation sites (tertiary alicyclic amines) is 1. The quantitative estimate of drug-likeness (QED) is 0.749. The summed E-state index contributed by atoms with van der Waals surface area (Å²) < 4.78 is 26.6. The van der Waals surface area contributed by atoms with Crippen molar-refractivity contribution >= 4 is 11.0 Å². The van der Waals surface area contributed by atoms with E-state index in [1.54, 1.807) is 20.1 Å². The van der Waals surface area contributed by atoms with Gasteiger partial charge in [-0.25, -0.2) is 9.18 Å². The van der Waals surface area contributed by atoms with Gasteiger partial charge in [-0.15, -0.1) is 0 Å². The third-order valence-electron chi connectivity index (χ3n) is 6.66. The lowest BCUT2D eigenvalue weighted by Crippen LogP contribution is -2.45. The number of benzene rings is 1. The predicted molar refractivity (Wildman–Crippen MR) is 111 cm³/mol. The zero-order chi connectivity index (χ0) is 20.4. The second kappa shape index (κ2) is 8.98. The Bertz CT molecular complexity index is 877. The molecule has 1 N–H and O–H groups in total. The summed E-state index contributed by atoms with van der Waals surface area (Å²) in [7, 11) is 1.70. The van der Waals surface area contributed by atoms with Crippen molar-refractivity contribution in [3.05, 3.63) is 34.0 Å². The maximum Gasteiger partial charge on any atom is 0.326 e. The number of H-pyrrole nitrogens is 1. The van der Waals surface area contributed by atoms with Gasteiger partial charge in [-0.05, 0) is 63.1 Å². The summed E-state index contributed by atoms with van der Waals surface area (Å²) in [6.07, 6.45) is 6.84. The Morgan fingerprint density at radius 1 is 1.07 bits per heavy atom. The number of ether oxygens (including phenoxy) is 2. The molecule has 1 aromatic heterocycles. The number of hydrogen-bond acceptors (Lipinski definition) is 4. The number of halogens is 1. The van der Waals surface area contributed by atoms with Crippen molar-refractivity contribution in [2.24, 2.45) is 0 Å². The molecule has 1 aliphatic heterocycles. The minimum atomic E-state index is -0.275. The lowest BCUT2D eigenvalue weighted by molar-refractivity contribution is -0.0173. The fraction of sp³-hybridized carbons (Fsp3) is 0.682. The minimum Gasteiger partial charge on any atom is -0.382 e. The first-order valence-electron chi connectivity index (χ1n) is 10.8. The van der Waals surface area contributed by atoms with Gasteiger partial charge in [-0.2, -0.15) is 0 Å². The Labute approximate surface area is 171 Å². The zero-order valence-electron chi connectivity index (χ0n) is 17.5. The van der Waals surface area contributed by atoms with E-state index >= 15 is 0 Å². The molecule has 160 valence electrons. The van der Waals surface area contributed by atoms with E-state index in [-0.39, 0.29) is 17.5 Å². The smallest absolute Gasteiger partial charge is 0.326 e. The van der Waals surface area contributed by atoms with E-state index in [4.69, 9.17) is 9.47 Å². The number of methoxy groups -OCH3 is 1. The molecule has 0 spiro atoms. The molecule has 2 aromatic rings. The van der Waals surface area contributed by atoms with E-state index in [1.165, 1.54) is 18.9 Å². The van der Waals surface area contributed by atoms with Crippen molar-refractivity contribution < 1.29 is 13.9 Å². The van der Waals surface area contributed by atoms with Gasteiger partial charge in [0.1, 0.15) is 5.82 Å². The number of aromatic amines is 1. The molecule has 7 heteroatoms. The average molecular weight is 406 g/mol. The van der Waals surface area contributed by atoms with E-state index in [1.807, 2.05) is 4.57 Å². The zero-order valence-corrected chi connectivity index (χ0v) is 17.5. The number of fused-ring (bicyclic) bond motifs is 1. The first-order valence-corrected chi connectivity index (χ1v) is 10.8. The highest BCUT2D eigenvalue weighted by Crippen LogP contribution is 2.31. The van der Waals surface area contributed by atoms with Crippen molar-refractivity contribution in [2.75, 3.05) is 33.4 Å². The van der Waals surface area contributed by atoms with Gasteiger partial charge in [0.25, 0.3) is 0 Å². The SMILES string of the molecule is COCCO[C@H]1CC[C@H](N2CCC(n3c(=O)[nH]c4cc(F)c(C)cc43)CC2)CC1. The highest BCUT2D eigenvalue weighted by Gasteiger charge is 2.30. The molecule has 0 bridgehead atoms. The summed E-state index contributed by atoms with van der Waals surface area (Å²) in [6.45, 7) is 5.09. The van der Waals surface area contributed by atoms with E-state index in [0.29, 0.717) is 36.4 Å². The predicted octanol–water partition coefficient (Wildman–Crippen LogP) is 3.39. The molecule has 2 aliphatic rings. The maximum atomic E-state index is 13.9. The van der Waals surface area contributed by atoms with Gasteiger partial charge in [0.2, 0.25) is 0 Å². The molecule has 0 amide bonds. The van der Waals surface area contributed by atoms with Crippen LogP contribution in [-0.2, 0) is 9.47 Å². The Morgan fingerprint density at radius 3 is 2.48 bits per heavy atom. The van der Waals surface area contributed by atoms with E-state index in [0.717, 1.165) is 44.3 Å². The second-order valence-electron chi connectivity index (χ2n) is 8.48. The molecule has 0 radical (unpaired) electrons. The molecule has 1 aliphatic carbocycles. The van der Waals surface area contributed by atoms with Crippen LogP contribution in [-0.4, -0.2) is 60.0 Å². The maximum absolute atomic E-state index is 13.9. The van der Waals surface area contributed by atoms with Gasteiger partial charge in [-0.3, -0.25) is 4.57 Å². The molecule has 29 heavy (non-hydrogen) atoms. The summed E-state index contributed by atoms with van der Waals surface area (Å²) in [5.74, 6) is -0.275. The van der Waals surface area contributed by atoms with Crippen molar-refractivity contribution in [3.63, 3.8) is 0 Å². The minimum absolute atomic E-state index is 0.128. The van der Waals surface area contributed by atoms with Gasteiger partial charge < -0.3 is 19.4 Å².